The molecule has 6 nitrogen and oxygen atoms in total. The smallest absolute Gasteiger partial charge is 0.236 e. The molecule has 0 unspecified atom stereocenters. The van der Waals surface area contributed by atoms with Crippen molar-refractivity contribution in [3.63, 3.8) is 0 Å². The lowest BCUT2D eigenvalue weighted by atomic mass is 9.94. The van der Waals surface area contributed by atoms with E-state index in [-0.39, 0.29) is 24.0 Å². The molecule has 2 aliphatic heterocycles. The van der Waals surface area contributed by atoms with Gasteiger partial charge in [0.15, 0.2) is 0 Å². The fourth-order valence-corrected chi connectivity index (χ4v) is 3.75. The molecule has 3 fully saturated rings. The highest BCUT2D eigenvalue weighted by Gasteiger charge is 2.38. The van der Waals surface area contributed by atoms with Crippen LogP contribution in [0, 0.1) is 5.92 Å². The third-order valence-corrected chi connectivity index (χ3v) is 5.01. The van der Waals surface area contributed by atoms with Crippen LogP contribution in [0.1, 0.15) is 19.3 Å². The van der Waals surface area contributed by atoms with Gasteiger partial charge in [0.1, 0.15) is 0 Å². The van der Waals surface area contributed by atoms with Gasteiger partial charge < -0.3 is 19.5 Å². The molecule has 0 aromatic heterocycles. The molecule has 6 heteroatoms. The Morgan fingerprint density at radius 2 is 1.86 bits per heavy atom. The predicted octanol–water partition coefficient (Wildman–Crippen LogP) is -0.293. The summed E-state index contributed by atoms with van der Waals surface area (Å²) < 4.78 is 10.9. The third-order valence-electron chi connectivity index (χ3n) is 5.01. The molecule has 0 aromatic rings. The summed E-state index contributed by atoms with van der Waals surface area (Å²) in [5.74, 6) is 0.431. The highest BCUT2D eigenvalue weighted by Crippen LogP contribution is 2.32. The Bertz CT molecular complexity index is 360. The molecule has 2 saturated heterocycles. The van der Waals surface area contributed by atoms with Crippen molar-refractivity contribution < 1.29 is 19.4 Å². The predicted molar refractivity (Wildman–Crippen MR) is 76.9 cm³/mol. The summed E-state index contributed by atoms with van der Waals surface area (Å²) >= 11 is 0. The van der Waals surface area contributed by atoms with Crippen molar-refractivity contribution in [2.75, 3.05) is 52.6 Å². The van der Waals surface area contributed by atoms with Gasteiger partial charge in [0.2, 0.25) is 5.91 Å². The van der Waals surface area contributed by atoms with Crippen molar-refractivity contribution in [3.8, 4) is 0 Å². The molecule has 1 saturated carbocycles. The van der Waals surface area contributed by atoms with E-state index in [1.165, 1.54) is 0 Å². The minimum absolute atomic E-state index is 0.178. The average Bonchev–Trinajstić information content (AvgIpc) is 2.95. The number of aliphatic hydroxyl groups excluding tert-OH is 1. The van der Waals surface area contributed by atoms with Gasteiger partial charge in [-0.2, -0.15) is 0 Å². The van der Waals surface area contributed by atoms with Crippen molar-refractivity contribution in [2.45, 2.75) is 31.4 Å². The second kappa shape index (κ2) is 7.05. The van der Waals surface area contributed by atoms with Crippen molar-refractivity contribution in [2.24, 2.45) is 5.92 Å². The first-order chi connectivity index (χ1) is 10.3. The topological polar surface area (TPSA) is 62.2 Å². The van der Waals surface area contributed by atoms with E-state index in [4.69, 9.17) is 9.47 Å². The normalized spacial score (nSPS) is 35.1. The van der Waals surface area contributed by atoms with Crippen LogP contribution in [0.4, 0.5) is 0 Å². The third kappa shape index (κ3) is 3.56. The van der Waals surface area contributed by atoms with Gasteiger partial charge in [0.25, 0.3) is 0 Å². The van der Waals surface area contributed by atoms with Crippen LogP contribution in [0.3, 0.4) is 0 Å². The van der Waals surface area contributed by atoms with Gasteiger partial charge >= 0.3 is 0 Å². The fraction of sp³-hybridized carbons (Fsp3) is 0.933. The number of morpholine rings is 2. The van der Waals surface area contributed by atoms with E-state index < -0.39 is 0 Å². The van der Waals surface area contributed by atoms with E-state index in [1.807, 2.05) is 4.90 Å². The largest absolute Gasteiger partial charge is 0.393 e. The first kappa shape index (κ1) is 15.2. The molecule has 21 heavy (non-hydrogen) atoms. The fourth-order valence-electron chi connectivity index (χ4n) is 3.75. The second-order valence-corrected chi connectivity index (χ2v) is 6.27. The Hall–Kier alpha value is -0.690. The van der Waals surface area contributed by atoms with Crippen LogP contribution in [-0.2, 0) is 14.3 Å². The maximum atomic E-state index is 12.4. The lowest BCUT2D eigenvalue weighted by Gasteiger charge is -2.40. The van der Waals surface area contributed by atoms with Crippen LogP contribution in [0.2, 0.25) is 0 Å². The molecule has 0 aromatic carbocycles. The van der Waals surface area contributed by atoms with Crippen molar-refractivity contribution in [1.82, 2.24) is 9.80 Å². The standard InChI is InChI=1S/C15H26N2O4/c18-14-3-1-2-12(14)13-11-21-9-6-17(13)10-15(19)16-4-7-20-8-5-16/h12-14,18H,1-11H2/t12-,13+,14-/m0/s1. The first-order valence-corrected chi connectivity index (χ1v) is 8.11. The van der Waals surface area contributed by atoms with Crippen molar-refractivity contribution >= 4 is 5.91 Å². The van der Waals surface area contributed by atoms with Crippen LogP contribution >= 0.6 is 0 Å². The van der Waals surface area contributed by atoms with E-state index in [0.29, 0.717) is 46.1 Å². The van der Waals surface area contributed by atoms with E-state index in [2.05, 4.69) is 4.90 Å². The monoisotopic (exact) mass is 298 g/mol. The molecule has 3 aliphatic rings. The van der Waals surface area contributed by atoms with E-state index in [9.17, 15) is 9.90 Å². The van der Waals surface area contributed by atoms with Crippen LogP contribution in [0.15, 0.2) is 0 Å². The molecule has 2 heterocycles. The maximum absolute atomic E-state index is 12.4. The molecule has 1 N–H and O–H groups in total. The number of carbonyl (C=O) groups excluding carboxylic acids is 1. The van der Waals surface area contributed by atoms with Gasteiger partial charge in [-0.15, -0.1) is 0 Å². The zero-order valence-corrected chi connectivity index (χ0v) is 12.6. The van der Waals surface area contributed by atoms with Gasteiger partial charge in [-0.3, -0.25) is 9.69 Å². The van der Waals surface area contributed by atoms with Crippen LogP contribution in [0.25, 0.3) is 0 Å². The number of nitrogens with zero attached hydrogens (tertiary/aromatic N) is 2. The molecule has 3 rings (SSSR count). The summed E-state index contributed by atoms with van der Waals surface area (Å²) in [5, 5.41) is 10.1. The highest BCUT2D eigenvalue weighted by molar-refractivity contribution is 5.78. The van der Waals surface area contributed by atoms with E-state index in [0.717, 1.165) is 25.8 Å². The van der Waals surface area contributed by atoms with Gasteiger partial charge in [-0.25, -0.2) is 0 Å². The number of carbonyl (C=O) groups is 1. The minimum atomic E-state index is -0.238. The lowest BCUT2D eigenvalue weighted by Crippen LogP contribution is -2.55. The summed E-state index contributed by atoms with van der Waals surface area (Å²) in [6.45, 7) is 5.20. The highest BCUT2D eigenvalue weighted by atomic mass is 16.5. The Labute approximate surface area is 126 Å². The van der Waals surface area contributed by atoms with E-state index in [1.54, 1.807) is 0 Å². The number of ether oxygens (including phenoxy) is 2. The molecule has 1 amide bonds. The minimum Gasteiger partial charge on any atom is -0.393 e. The van der Waals surface area contributed by atoms with E-state index >= 15 is 0 Å². The molecule has 3 atom stereocenters. The van der Waals surface area contributed by atoms with Crippen LogP contribution in [0.5, 0.6) is 0 Å². The number of amides is 1. The Balaban J connectivity index is 1.59. The molecular formula is C15H26N2O4. The lowest BCUT2D eigenvalue weighted by molar-refractivity contribution is -0.140. The second-order valence-electron chi connectivity index (χ2n) is 6.27. The van der Waals surface area contributed by atoms with Gasteiger partial charge in [0, 0.05) is 31.6 Å². The number of hydrogen-bond donors (Lipinski definition) is 1. The summed E-state index contributed by atoms with van der Waals surface area (Å²) in [4.78, 5) is 16.5. The number of aliphatic hydroxyl groups is 1. The van der Waals surface area contributed by atoms with Gasteiger partial charge in [0.05, 0.1) is 39.1 Å². The quantitative estimate of drug-likeness (QED) is 0.775. The van der Waals surface area contributed by atoms with Crippen molar-refractivity contribution in [1.29, 1.82) is 0 Å². The SMILES string of the molecule is O=C(CN1CCOC[C@@H]1[C@@H]1CCC[C@@H]1O)N1CCOCC1. The zero-order valence-electron chi connectivity index (χ0n) is 12.6. The number of rotatable bonds is 3. The summed E-state index contributed by atoms with van der Waals surface area (Å²) in [6.07, 6.45) is 2.76. The van der Waals surface area contributed by atoms with Crippen LogP contribution < -0.4 is 0 Å². The Morgan fingerprint density at radius 1 is 1.10 bits per heavy atom. The van der Waals surface area contributed by atoms with Crippen LogP contribution in [-0.4, -0.2) is 85.6 Å². The summed E-state index contributed by atoms with van der Waals surface area (Å²) in [5.41, 5.74) is 0. The summed E-state index contributed by atoms with van der Waals surface area (Å²) in [7, 11) is 0. The molecular weight excluding hydrogens is 272 g/mol. The average molecular weight is 298 g/mol. The summed E-state index contributed by atoms with van der Waals surface area (Å²) in [6, 6.07) is 0.182. The molecule has 120 valence electrons. The zero-order chi connectivity index (χ0) is 14.7. The maximum Gasteiger partial charge on any atom is 0.236 e. The Kier molecular flexibility index (Phi) is 5.11. The van der Waals surface area contributed by atoms with Crippen molar-refractivity contribution in [3.05, 3.63) is 0 Å². The van der Waals surface area contributed by atoms with Gasteiger partial charge in [-0.1, -0.05) is 6.42 Å². The molecule has 1 aliphatic carbocycles. The molecule has 0 bridgehead atoms. The Morgan fingerprint density at radius 3 is 2.57 bits per heavy atom. The molecule has 0 radical (unpaired) electrons. The van der Waals surface area contributed by atoms with Gasteiger partial charge in [-0.05, 0) is 12.8 Å². The number of hydrogen-bond acceptors (Lipinski definition) is 5. The first-order valence-electron chi connectivity index (χ1n) is 8.11. The molecule has 0 spiro atoms.